The lowest BCUT2D eigenvalue weighted by molar-refractivity contribution is -0.117. The summed E-state index contributed by atoms with van der Waals surface area (Å²) in [6, 6.07) is 3.21. The van der Waals surface area contributed by atoms with Crippen LogP contribution in [-0.2, 0) is 4.79 Å². The molecule has 16 heavy (non-hydrogen) atoms. The molecular formula is C12H13F2NO. The molecule has 1 aromatic carbocycles. The molecule has 0 aliphatic carbocycles. The number of amides is 1. The number of rotatable bonds is 3. The lowest BCUT2D eigenvalue weighted by Gasteiger charge is -2.13. The van der Waals surface area contributed by atoms with Gasteiger partial charge in [0.15, 0.2) is 11.6 Å². The Morgan fingerprint density at radius 2 is 2.06 bits per heavy atom. The van der Waals surface area contributed by atoms with Gasteiger partial charge >= 0.3 is 0 Å². The van der Waals surface area contributed by atoms with E-state index >= 15 is 0 Å². The second-order valence-electron chi connectivity index (χ2n) is 3.40. The van der Waals surface area contributed by atoms with Crippen LogP contribution in [0.25, 0.3) is 0 Å². The molecule has 1 aromatic rings. The molecule has 0 spiro atoms. The number of hydrogen-bond donors (Lipinski definition) is 1. The van der Waals surface area contributed by atoms with E-state index in [1.165, 1.54) is 12.1 Å². The van der Waals surface area contributed by atoms with Crippen LogP contribution in [0.3, 0.4) is 0 Å². The maximum atomic E-state index is 12.9. The zero-order valence-electron chi connectivity index (χ0n) is 9.13. The molecule has 1 atom stereocenters. The molecule has 0 heterocycles. The van der Waals surface area contributed by atoms with Crippen LogP contribution in [0.1, 0.15) is 25.5 Å². The van der Waals surface area contributed by atoms with Crippen molar-refractivity contribution in [1.82, 2.24) is 5.32 Å². The molecule has 4 heteroatoms. The number of benzene rings is 1. The van der Waals surface area contributed by atoms with Crippen LogP contribution >= 0.6 is 0 Å². The molecule has 0 bridgehead atoms. The quantitative estimate of drug-likeness (QED) is 0.787. The topological polar surface area (TPSA) is 29.1 Å². The van der Waals surface area contributed by atoms with Gasteiger partial charge in [0, 0.05) is 0 Å². The van der Waals surface area contributed by atoms with Gasteiger partial charge in [0.2, 0.25) is 5.91 Å². The summed E-state index contributed by atoms with van der Waals surface area (Å²) in [7, 11) is 0. The molecule has 1 rings (SSSR count). The maximum absolute atomic E-state index is 12.9. The number of halogens is 2. The first-order valence-corrected chi connectivity index (χ1v) is 4.92. The average Bonchev–Trinajstić information content (AvgIpc) is 2.22. The lowest BCUT2D eigenvalue weighted by Crippen LogP contribution is -2.24. The SMILES string of the molecule is CC=CC(=O)NC(C)c1ccc(F)c(F)c1. The normalized spacial score (nSPS) is 12.8. The minimum atomic E-state index is -0.912. The van der Waals surface area contributed by atoms with Gasteiger partial charge in [-0.2, -0.15) is 0 Å². The predicted octanol–water partition coefficient (Wildman–Crippen LogP) is 2.72. The Bertz CT molecular complexity index is 415. The Kier molecular flexibility index (Phi) is 4.17. The first-order valence-electron chi connectivity index (χ1n) is 4.92. The highest BCUT2D eigenvalue weighted by molar-refractivity contribution is 5.87. The lowest BCUT2D eigenvalue weighted by atomic mass is 10.1. The largest absolute Gasteiger partial charge is 0.346 e. The van der Waals surface area contributed by atoms with Gasteiger partial charge in [0.05, 0.1) is 6.04 Å². The zero-order valence-corrected chi connectivity index (χ0v) is 9.13. The third kappa shape index (κ3) is 3.15. The van der Waals surface area contributed by atoms with E-state index in [0.29, 0.717) is 5.56 Å². The van der Waals surface area contributed by atoms with Crippen LogP contribution in [-0.4, -0.2) is 5.91 Å². The van der Waals surface area contributed by atoms with Crippen LogP contribution in [0.2, 0.25) is 0 Å². The molecule has 0 saturated carbocycles. The summed E-state index contributed by atoms with van der Waals surface area (Å²) in [5, 5.41) is 2.63. The fourth-order valence-electron chi connectivity index (χ4n) is 1.28. The second-order valence-corrected chi connectivity index (χ2v) is 3.40. The molecule has 0 aliphatic rings. The summed E-state index contributed by atoms with van der Waals surface area (Å²) in [5.74, 6) is -2.07. The molecule has 2 nitrogen and oxygen atoms in total. The number of hydrogen-bond acceptors (Lipinski definition) is 1. The van der Waals surface area contributed by atoms with Gasteiger partial charge in [-0.1, -0.05) is 12.1 Å². The molecule has 0 saturated heterocycles. The predicted molar refractivity (Wildman–Crippen MR) is 57.7 cm³/mol. The Morgan fingerprint density at radius 3 is 2.62 bits per heavy atom. The van der Waals surface area contributed by atoms with Crippen molar-refractivity contribution in [1.29, 1.82) is 0 Å². The molecule has 1 N–H and O–H groups in total. The molecule has 0 fully saturated rings. The van der Waals surface area contributed by atoms with Crippen LogP contribution in [0.15, 0.2) is 30.4 Å². The molecule has 86 valence electrons. The standard InChI is InChI=1S/C12H13F2NO/c1-3-4-12(16)15-8(2)9-5-6-10(13)11(14)7-9/h3-8H,1-2H3,(H,15,16). The minimum Gasteiger partial charge on any atom is -0.346 e. The summed E-state index contributed by atoms with van der Waals surface area (Å²) in [5.41, 5.74) is 0.525. The van der Waals surface area contributed by atoms with E-state index in [1.54, 1.807) is 19.9 Å². The Hall–Kier alpha value is -1.71. The molecular weight excluding hydrogens is 212 g/mol. The van der Waals surface area contributed by atoms with E-state index in [1.807, 2.05) is 0 Å². The molecule has 0 aromatic heterocycles. The van der Waals surface area contributed by atoms with Gasteiger partial charge in [-0.15, -0.1) is 0 Å². The highest BCUT2D eigenvalue weighted by atomic mass is 19.2. The number of carbonyl (C=O) groups excluding carboxylic acids is 1. The number of carbonyl (C=O) groups is 1. The van der Waals surface area contributed by atoms with Crippen molar-refractivity contribution in [3.63, 3.8) is 0 Å². The van der Waals surface area contributed by atoms with E-state index in [2.05, 4.69) is 5.32 Å². The Labute approximate surface area is 93.0 Å². The third-order valence-electron chi connectivity index (χ3n) is 2.12. The monoisotopic (exact) mass is 225 g/mol. The fraction of sp³-hybridized carbons (Fsp3) is 0.250. The van der Waals surface area contributed by atoms with Gasteiger partial charge in [-0.05, 0) is 37.6 Å². The van der Waals surface area contributed by atoms with Gasteiger partial charge < -0.3 is 5.32 Å². The van der Waals surface area contributed by atoms with Crippen molar-refractivity contribution in [2.75, 3.05) is 0 Å². The Morgan fingerprint density at radius 1 is 1.38 bits per heavy atom. The summed E-state index contributed by atoms with van der Waals surface area (Å²) >= 11 is 0. The van der Waals surface area contributed by atoms with E-state index in [-0.39, 0.29) is 11.9 Å². The molecule has 1 unspecified atom stereocenters. The van der Waals surface area contributed by atoms with Crippen LogP contribution in [0, 0.1) is 11.6 Å². The molecule has 1 amide bonds. The fourth-order valence-corrected chi connectivity index (χ4v) is 1.28. The maximum Gasteiger partial charge on any atom is 0.244 e. The summed E-state index contributed by atoms with van der Waals surface area (Å²) in [6.45, 7) is 3.43. The minimum absolute atomic E-state index is 0.264. The highest BCUT2D eigenvalue weighted by Crippen LogP contribution is 2.15. The third-order valence-corrected chi connectivity index (χ3v) is 2.12. The van der Waals surface area contributed by atoms with Crippen LogP contribution in [0.5, 0.6) is 0 Å². The van der Waals surface area contributed by atoms with Crippen molar-refractivity contribution in [2.45, 2.75) is 19.9 Å². The average molecular weight is 225 g/mol. The van der Waals surface area contributed by atoms with Gasteiger partial charge in [-0.3, -0.25) is 4.79 Å². The summed E-state index contributed by atoms with van der Waals surface area (Å²) < 4.78 is 25.6. The molecule has 0 radical (unpaired) electrons. The van der Waals surface area contributed by atoms with E-state index in [4.69, 9.17) is 0 Å². The van der Waals surface area contributed by atoms with E-state index in [0.717, 1.165) is 12.1 Å². The Balaban J connectivity index is 2.76. The number of nitrogens with one attached hydrogen (secondary N) is 1. The van der Waals surface area contributed by atoms with E-state index in [9.17, 15) is 13.6 Å². The van der Waals surface area contributed by atoms with Crippen molar-refractivity contribution < 1.29 is 13.6 Å². The second kappa shape index (κ2) is 5.39. The van der Waals surface area contributed by atoms with Gasteiger partial charge in [0.25, 0.3) is 0 Å². The van der Waals surface area contributed by atoms with Crippen LogP contribution in [0.4, 0.5) is 8.78 Å². The smallest absolute Gasteiger partial charge is 0.244 e. The highest BCUT2D eigenvalue weighted by Gasteiger charge is 2.10. The van der Waals surface area contributed by atoms with E-state index < -0.39 is 11.6 Å². The van der Waals surface area contributed by atoms with Crippen molar-refractivity contribution in [3.05, 3.63) is 47.5 Å². The van der Waals surface area contributed by atoms with Crippen LogP contribution < -0.4 is 5.32 Å². The van der Waals surface area contributed by atoms with Gasteiger partial charge in [-0.25, -0.2) is 8.78 Å². The summed E-state index contributed by atoms with van der Waals surface area (Å²) in [6.07, 6.45) is 2.98. The summed E-state index contributed by atoms with van der Waals surface area (Å²) in [4.78, 5) is 11.2. The first-order chi connectivity index (χ1) is 7.54. The first kappa shape index (κ1) is 12.4. The molecule has 0 aliphatic heterocycles. The van der Waals surface area contributed by atoms with Crippen molar-refractivity contribution >= 4 is 5.91 Å². The zero-order chi connectivity index (χ0) is 12.1. The number of allylic oxidation sites excluding steroid dienone is 1. The van der Waals surface area contributed by atoms with Crippen molar-refractivity contribution in [2.24, 2.45) is 0 Å². The van der Waals surface area contributed by atoms with Gasteiger partial charge in [0.1, 0.15) is 0 Å². The van der Waals surface area contributed by atoms with Crippen molar-refractivity contribution in [3.8, 4) is 0 Å².